The first-order valence-electron chi connectivity index (χ1n) is 9.10. The van der Waals surface area contributed by atoms with Crippen molar-refractivity contribution in [2.24, 2.45) is 0 Å². The van der Waals surface area contributed by atoms with Gasteiger partial charge >= 0.3 is 0 Å². The van der Waals surface area contributed by atoms with Crippen molar-refractivity contribution in [1.29, 1.82) is 0 Å². The summed E-state index contributed by atoms with van der Waals surface area (Å²) in [5.41, 5.74) is 5.90. The number of aryl methyl sites for hydroxylation is 2. The number of nitrogens with zero attached hydrogens (tertiary/aromatic N) is 2. The lowest BCUT2D eigenvalue weighted by Crippen LogP contribution is -2.28. The number of pyridine rings is 1. The fraction of sp³-hybridized carbons (Fsp3) is 0.318. The highest BCUT2D eigenvalue weighted by Crippen LogP contribution is 2.28. The summed E-state index contributed by atoms with van der Waals surface area (Å²) in [6.45, 7) is 7.63. The van der Waals surface area contributed by atoms with E-state index in [1.807, 2.05) is 18.2 Å². The second kappa shape index (κ2) is 7.26. The molecule has 4 rings (SSSR count). The Balaban J connectivity index is 1.57. The fourth-order valence-corrected chi connectivity index (χ4v) is 3.74. The summed E-state index contributed by atoms with van der Waals surface area (Å²) in [6.07, 6.45) is 0.939. The van der Waals surface area contributed by atoms with Crippen LogP contribution in [0, 0.1) is 13.8 Å². The van der Waals surface area contributed by atoms with Gasteiger partial charge in [-0.05, 0) is 49.1 Å². The molecule has 1 aliphatic heterocycles. The van der Waals surface area contributed by atoms with Crippen LogP contribution < -0.4 is 4.74 Å². The second-order valence-corrected chi connectivity index (χ2v) is 7.41. The van der Waals surface area contributed by atoms with Gasteiger partial charge in [0.1, 0.15) is 6.61 Å². The molecule has 0 aliphatic carbocycles. The smallest absolute Gasteiger partial charge is 0.218 e. The molecule has 0 atom stereocenters. The predicted octanol–water partition coefficient (Wildman–Crippen LogP) is 4.94. The number of halogens is 1. The van der Waals surface area contributed by atoms with E-state index in [-0.39, 0.29) is 0 Å². The lowest BCUT2D eigenvalue weighted by atomic mass is 10.0. The molecule has 0 unspecified atom stereocenters. The zero-order valence-corrected chi connectivity index (χ0v) is 16.0. The van der Waals surface area contributed by atoms with Gasteiger partial charge in [-0.3, -0.25) is 4.90 Å². The summed E-state index contributed by atoms with van der Waals surface area (Å²) < 4.78 is 5.98. The minimum atomic E-state index is 0.666. The quantitative estimate of drug-likeness (QED) is 0.656. The number of hydrogen-bond donors (Lipinski definition) is 0. The highest BCUT2D eigenvalue weighted by Gasteiger charge is 2.18. The molecule has 3 nitrogen and oxygen atoms in total. The van der Waals surface area contributed by atoms with Crippen LogP contribution in [0.25, 0.3) is 10.9 Å². The van der Waals surface area contributed by atoms with Gasteiger partial charge in [-0.25, -0.2) is 4.98 Å². The van der Waals surface area contributed by atoms with Crippen molar-refractivity contribution in [2.45, 2.75) is 26.8 Å². The first-order chi connectivity index (χ1) is 12.6. The summed E-state index contributed by atoms with van der Waals surface area (Å²) in [5, 5.41) is 2.03. The molecule has 0 spiro atoms. The molecule has 0 fully saturated rings. The Morgan fingerprint density at radius 3 is 2.85 bits per heavy atom. The molecule has 1 aromatic heterocycles. The molecule has 1 aliphatic rings. The molecule has 3 aromatic rings. The van der Waals surface area contributed by atoms with E-state index < -0.39 is 0 Å². The van der Waals surface area contributed by atoms with Crippen LogP contribution in [-0.4, -0.2) is 29.6 Å². The van der Waals surface area contributed by atoms with E-state index >= 15 is 0 Å². The first kappa shape index (κ1) is 17.3. The van der Waals surface area contributed by atoms with Gasteiger partial charge < -0.3 is 4.74 Å². The fourth-order valence-electron chi connectivity index (χ4n) is 3.51. The number of fused-ring (bicyclic) bond motifs is 2. The zero-order valence-electron chi connectivity index (χ0n) is 15.3. The van der Waals surface area contributed by atoms with Crippen molar-refractivity contribution >= 4 is 22.5 Å². The van der Waals surface area contributed by atoms with Crippen LogP contribution in [0.2, 0.25) is 5.02 Å². The topological polar surface area (TPSA) is 25.4 Å². The lowest BCUT2D eigenvalue weighted by molar-refractivity contribution is 0.225. The molecule has 0 N–H and O–H groups in total. The molecular weight excluding hydrogens is 344 g/mol. The van der Waals surface area contributed by atoms with Crippen molar-refractivity contribution in [3.63, 3.8) is 0 Å². The minimum absolute atomic E-state index is 0.666. The van der Waals surface area contributed by atoms with Crippen LogP contribution in [0.1, 0.15) is 22.3 Å². The number of rotatable bonds is 3. The van der Waals surface area contributed by atoms with Gasteiger partial charge in [-0.1, -0.05) is 41.9 Å². The highest BCUT2D eigenvalue weighted by atomic mass is 35.5. The summed E-state index contributed by atoms with van der Waals surface area (Å²) in [5.74, 6) is 0.784. The van der Waals surface area contributed by atoms with Crippen molar-refractivity contribution < 1.29 is 4.74 Å². The number of aromatic nitrogens is 1. The van der Waals surface area contributed by atoms with Crippen LogP contribution in [0.15, 0.2) is 42.5 Å². The molecule has 2 heterocycles. The molecule has 4 heteroatoms. The number of hydrogen-bond acceptors (Lipinski definition) is 3. The Bertz CT molecular complexity index is 954. The zero-order chi connectivity index (χ0) is 18.1. The van der Waals surface area contributed by atoms with E-state index in [9.17, 15) is 0 Å². The maximum atomic E-state index is 6.29. The molecular formula is C22H23ClN2O. The Morgan fingerprint density at radius 1 is 1.15 bits per heavy atom. The molecule has 0 amide bonds. The standard InChI is InChI=1S/C22H23ClN2O/c1-15-7-8-18-13-19-14-25(10-9-17-5-3-4-6-20(17)23)11-12-26-22(19)24-21(18)16(15)2/h3-8,13H,9-12,14H2,1-2H3. The lowest BCUT2D eigenvalue weighted by Gasteiger charge is -2.19. The Kier molecular flexibility index (Phi) is 4.84. The normalized spacial score (nSPS) is 14.7. The molecule has 134 valence electrons. The maximum absolute atomic E-state index is 6.29. The van der Waals surface area contributed by atoms with E-state index in [4.69, 9.17) is 21.3 Å². The van der Waals surface area contributed by atoms with Gasteiger partial charge in [0, 0.05) is 35.6 Å². The highest BCUT2D eigenvalue weighted by molar-refractivity contribution is 6.31. The monoisotopic (exact) mass is 366 g/mol. The summed E-state index contributed by atoms with van der Waals surface area (Å²) in [6, 6.07) is 14.6. The van der Waals surface area contributed by atoms with Gasteiger partial charge in [0.25, 0.3) is 0 Å². The molecule has 0 radical (unpaired) electrons. The van der Waals surface area contributed by atoms with Gasteiger partial charge in [-0.15, -0.1) is 0 Å². The first-order valence-corrected chi connectivity index (χ1v) is 9.48. The third-order valence-electron chi connectivity index (χ3n) is 5.25. The molecule has 26 heavy (non-hydrogen) atoms. The van der Waals surface area contributed by atoms with Gasteiger partial charge in [0.05, 0.1) is 5.52 Å². The third-order valence-corrected chi connectivity index (χ3v) is 5.62. The van der Waals surface area contributed by atoms with Gasteiger partial charge in [0.15, 0.2) is 0 Å². The van der Waals surface area contributed by atoms with Crippen LogP contribution >= 0.6 is 11.6 Å². The van der Waals surface area contributed by atoms with Gasteiger partial charge in [-0.2, -0.15) is 0 Å². The maximum Gasteiger partial charge on any atom is 0.218 e. The Hall–Kier alpha value is -2.10. The van der Waals surface area contributed by atoms with E-state index in [0.29, 0.717) is 6.61 Å². The molecule has 0 saturated carbocycles. The number of benzene rings is 2. The third kappa shape index (κ3) is 3.42. The van der Waals surface area contributed by atoms with E-state index in [2.05, 4.69) is 43.0 Å². The minimum Gasteiger partial charge on any atom is -0.476 e. The summed E-state index contributed by atoms with van der Waals surface area (Å²) in [4.78, 5) is 7.25. The second-order valence-electron chi connectivity index (χ2n) is 7.00. The average molecular weight is 367 g/mol. The van der Waals surface area contributed by atoms with Crippen LogP contribution in [0.4, 0.5) is 0 Å². The SMILES string of the molecule is Cc1ccc2cc3c(nc2c1C)OCCN(CCc1ccccc1Cl)C3. The van der Waals surface area contributed by atoms with Crippen molar-refractivity contribution in [3.8, 4) is 5.88 Å². The number of ether oxygens (including phenoxy) is 1. The van der Waals surface area contributed by atoms with Crippen LogP contribution in [0.5, 0.6) is 5.88 Å². The largest absolute Gasteiger partial charge is 0.476 e. The van der Waals surface area contributed by atoms with Crippen LogP contribution in [0.3, 0.4) is 0 Å². The van der Waals surface area contributed by atoms with Crippen molar-refractivity contribution in [2.75, 3.05) is 19.7 Å². The predicted molar refractivity (Wildman–Crippen MR) is 107 cm³/mol. The summed E-state index contributed by atoms with van der Waals surface area (Å²) in [7, 11) is 0. The summed E-state index contributed by atoms with van der Waals surface area (Å²) >= 11 is 6.29. The van der Waals surface area contributed by atoms with Crippen molar-refractivity contribution in [1.82, 2.24) is 9.88 Å². The van der Waals surface area contributed by atoms with E-state index in [1.54, 1.807) is 0 Å². The van der Waals surface area contributed by atoms with Crippen molar-refractivity contribution in [3.05, 3.63) is 69.7 Å². The Labute approximate surface area is 159 Å². The van der Waals surface area contributed by atoms with Gasteiger partial charge in [0.2, 0.25) is 5.88 Å². The Morgan fingerprint density at radius 2 is 2.00 bits per heavy atom. The molecule has 2 aromatic carbocycles. The average Bonchev–Trinajstić information content (AvgIpc) is 2.84. The molecule has 0 saturated heterocycles. The van der Waals surface area contributed by atoms with E-state index in [1.165, 1.54) is 22.1 Å². The van der Waals surface area contributed by atoms with Crippen LogP contribution in [-0.2, 0) is 13.0 Å². The molecule has 0 bridgehead atoms. The van der Waals surface area contributed by atoms with E-state index in [0.717, 1.165) is 48.0 Å².